The number of benzene rings is 1. The number of carbonyl (C=O) groups excluding carboxylic acids is 1. The molecule has 0 radical (unpaired) electrons. The van der Waals surface area contributed by atoms with Gasteiger partial charge in [-0.2, -0.15) is 0 Å². The number of ketones is 1. The largest absolute Gasteiger partial charge is 0.369 e. The summed E-state index contributed by atoms with van der Waals surface area (Å²) in [6, 6.07) is 12.3. The molecule has 3 nitrogen and oxygen atoms in total. The van der Waals surface area contributed by atoms with Gasteiger partial charge in [-0.25, -0.2) is 0 Å². The van der Waals surface area contributed by atoms with E-state index in [0.29, 0.717) is 0 Å². The molecule has 5 heteroatoms. The lowest BCUT2D eigenvalue weighted by Crippen LogP contribution is -2.45. The van der Waals surface area contributed by atoms with Crippen molar-refractivity contribution in [2.75, 3.05) is 31.1 Å². The summed E-state index contributed by atoms with van der Waals surface area (Å²) in [5.74, 6) is 0.124. The standard InChI is InChI=1S/C17H19BrN2OS/c1-13(21)14-2-4-15(5-3-14)20-10-8-19(9-11-20)12-16-6-7-17(18)22-16/h2-7H,8-12H2,1H3. The van der Waals surface area contributed by atoms with Crippen LogP contribution in [0, 0.1) is 0 Å². The zero-order valence-electron chi connectivity index (χ0n) is 12.6. The summed E-state index contributed by atoms with van der Waals surface area (Å²) in [7, 11) is 0. The first kappa shape index (κ1) is 15.7. The maximum atomic E-state index is 11.3. The second kappa shape index (κ2) is 6.94. The Morgan fingerprint density at radius 2 is 1.77 bits per heavy atom. The molecule has 0 unspecified atom stereocenters. The van der Waals surface area contributed by atoms with Crippen LogP contribution in [-0.2, 0) is 6.54 Å². The van der Waals surface area contributed by atoms with Crippen LogP contribution >= 0.6 is 27.3 Å². The van der Waals surface area contributed by atoms with Gasteiger partial charge in [0.2, 0.25) is 0 Å². The third-order valence-corrected chi connectivity index (χ3v) is 5.63. The van der Waals surface area contributed by atoms with Crippen LogP contribution in [0.15, 0.2) is 40.2 Å². The number of piperazine rings is 1. The predicted molar refractivity (Wildman–Crippen MR) is 96.0 cm³/mol. The van der Waals surface area contributed by atoms with E-state index < -0.39 is 0 Å². The summed E-state index contributed by atoms with van der Waals surface area (Å²) in [6.45, 7) is 6.86. The summed E-state index contributed by atoms with van der Waals surface area (Å²) in [5.41, 5.74) is 1.99. The van der Waals surface area contributed by atoms with Crippen molar-refractivity contribution in [2.45, 2.75) is 13.5 Å². The van der Waals surface area contributed by atoms with Crippen molar-refractivity contribution in [1.29, 1.82) is 0 Å². The van der Waals surface area contributed by atoms with Gasteiger partial charge >= 0.3 is 0 Å². The van der Waals surface area contributed by atoms with Crippen LogP contribution in [0.3, 0.4) is 0 Å². The number of halogens is 1. The molecule has 0 bridgehead atoms. The van der Waals surface area contributed by atoms with E-state index in [1.807, 2.05) is 23.5 Å². The number of anilines is 1. The number of carbonyl (C=O) groups is 1. The molecule has 2 aromatic rings. The first-order valence-corrected chi connectivity index (χ1v) is 9.05. The second-order valence-corrected chi connectivity index (χ2v) is 8.12. The number of nitrogens with zero attached hydrogens (tertiary/aromatic N) is 2. The van der Waals surface area contributed by atoms with Crippen molar-refractivity contribution < 1.29 is 4.79 Å². The van der Waals surface area contributed by atoms with Gasteiger partial charge in [0, 0.05) is 48.9 Å². The van der Waals surface area contributed by atoms with Crippen LogP contribution in [0.2, 0.25) is 0 Å². The highest BCUT2D eigenvalue weighted by Gasteiger charge is 2.18. The van der Waals surface area contributed by atoms with Gasteiger partial charge in [0.1, 0.15) is 0 Å². The molecule has 1 aromatic heterocycles. The molecule has 0 amide bonds. The molecule has 0 saturated carbocycles. The van der Waals surface area contributed by atoms with Gasteiger partial charge in [-0.3, -0.25) is 9.69 Å². The van der Waals surface area contributed by atoms with Crippen LogP contribution in [-0.4, -0.2) is 36.9 Å². The highest BCUT2D eigenvalue weighted by atomic mass is 79.9. The van der Waals surface area contributed by atoms with Gasteiger partial charge in [-0.1, -0.05) is 0 Å². The van der Waals surface area contributed by atoms with E-state index in [9.17, 15) is 4.79 Å². The smallest absolute Gasteiger partial charge is 0.159 e. The minimum Gasteiger partial charge on any atom is -0.369 e. The lowest BCUT2D eigenvalue weighted by atomic mass is 10.1. The molecule has 0 spiro atoms. The molecule has 3 rings (SSSR count). The summed E-state index contributed by atoms with van der Waals surface area (Å²) in [5, 5.41) is 0. The number of hydrogen-bond acceptors (Lipinski definition) is 4. The van der Waals surface area contributed by atoms with Crippen LogP contribution in [0.25, 0.3) is 0 Å². The Bertz CT molecular complexity index is 645. The third-order valence-electron chi connectivity index (χ3n) is 4.02. The Hall–Kier alpha value is -1.17. The Labute approximate surface area is 143 Å². The average molecular weight is 379 g/mol. The van der Waals surface area contributed by atoms with E-state index in [2.05, 4.69) is 50.0 Å². The average Bonchev–Trinajstić information content (AvgIpc) is 2.93. The molecule has 1 aliphatic rings. The Morgan fingerprint density at radius 3 is 2.32 bits per heavy atom. The lowest BCUT2D eigenvalue weighted by molar-refractivity contribution is 0.101. The summed E-state index contributed by atoms with van der Waals surface area (Å²) in [4.78, 5) is 17.6. The number of rotatable bonds is 4. The molecule has 22 heavy (non-hydrogen) atoms. The monoisotopic (exact) mass is 378 g/mol. The van der Waals surface area contributed by atoms with Crippen molar-refractivity contribution in [3.8, 4) is 0 Å². The molecule has 1 fully saturated rings. The molecular formula is C17H19BrN2OS. The first-order valence-electron chi connectivity index (χ1n) is 7.44. The van der Waals surface area contributed by atoms with Gasteiger partial charge in [-0.05, 0) is 59.3 Å². The maximum absolute atomic E-state index is 11.3. The fourth-order valence-corrected chi connectivity index (χ4v) is 4.25. The maximum Gasteiger partial charge on any atom is 0.159 e. The molecule has 1 aliphatic heterocycles. The lowest BCUT2D eigenvalue weighted by Gasteiger charge is -2.36. The first-order chi connectivity index (χ1) is 10.6. The van der Waals surface area contributed by atoms with Crippen molar-refractivity contribution in [3.63, 3.8) is 0 Å². The third kappa shape index (κ3) is 3.77. The molecular weight excluding hydrogens is 360 g/mol. The molecule has 1 saturated heterocycles. The van der Waals surface area contributed by atoms with Crippen molar-refractivity contribution >= 4 is 38.7 Å². The Kier molecular flexibility index (Phi) is 4.96. The van der Waals surface area contributed by atoms with E-state index in [1.54, 1.807) is 6.92 Å². The minimum absolute atomic E-state index is 0.124. The van der Waals surface area contributed by atoms with E-state index >= 15 is 0 Å². The minimum atomic E-state index is 0.124. The van der Waals surface area contributed by atoms with Crippen molar-refractivity contribution in [2.24, 2.45) is 0 Å². The molecule has 1 aromatic carbocycles. The topological polar surface area (TPSA) is 23.6 Å². The summed E-state index contributed by atoms with van der Waals surface area (Å²) in [6.07, 6.45) is 0. The van der Waals surface area contributed by atoms with Gasteiger partial charge in [0.05, 0.1) is 3.79 Å². The van der Waals surface area contributed by atoms with Gasteiger partial charge in [-0.15, -0.1) is 11.3 Å². The van der Waals surface area contributed by atoms with Crippen LogP contribution in [0.1, 0.15) is 22.2 Å². The summed E-state index contributed by atoms with van der Waals surface area (Å²) < 4.78 is 1.20. The molecule has 2 heterocycles. The van der Waals surface area contributed by atoms with Crippen molar-refractivity contribution in [1.82, 2.24) is 4.90 Å². The molecule has 0 aliphatic carbocycles. The van der Waals surface area contributed by atoms with Crippen LogP contribution < -0.4 is 4.90 Å². The molecule has 116 valence electrons. The van der Waals surface area contributed by atoms with Gasteiger partial charge in [0.15, 0.2) is 5.78 Å². The number of thiophene rings is 1. The zero-order valence-corrected chi connectivity index (χ0v) is 15.0. The normalized spacial score (nSPS) is 16.0. The zero-order chi connectivity index (χ0) is 15.5. The van der Waals surface area contributed by atoms with Crippen molar-refractivity contribution in [3.05, 3.63) is 50.6 Å². The van der Waals surface area contributed by atoms with Gasteiger partial charge in [0.25, 0.3) is 0 Å². The second-order valence-electron chi connectivity index (χ2n) is 5.57. The molecule has 0 atom stereocenters. The quantitative estimate of drug-likeness (QED) is 0.750. The van der Waals surface area contributed by atoms with E-state index in [-0.39, 0.29) is 5.78 Å². The fourth-order valence-electron chi connectivity index (χ4n) is 2.73. The Balaban J connectivity index is 1.56. The highest BCUT2D eigenvalue weighted by molar-refractivity contribution is 9.11. The predicted octanol–water partition coefficient (Wildman–Crippen LogP) is 4.04. The van der Waals surface area contributed by atoms with Crippen LogP contribution in [0.4, 0.5) is 5.69 Å². The summed E-state index contributed by atoms with van der Waals surface area (Å²) >= 11 is 5.33. The highest BCUT2D eigenvalue weighted by Crippen LogP contribution is 2.24. The number of hydrogen-bond donors (Lipinski definition) is 0. The van der Waals surface area contributed by atoms with E-state index in [1.165, 1.54) is 14.4 Å². The van der Waals surface area contributed by atoms with Gasteiger partial charge < -0.3 is 4.90 Å². The number of Topliss-reactive ketones (excluding diaryl/α,β-unsaturated/α-hetero) is 1. The van der Waals surface area contributed by atoms with E-state index in [0.717, 1.165) is 38.3 Å². The Morgan fingerprint density at radius 1 is 1.09 bits per heavy atom. The fraction of sp³-hybridized carbons (Fsp3) is 0.353. The van der Waals surface area contributed by atoms with E-state index in [4.69, 9.17) is 0 Å². The molecule has 0 N–H and O–H groups in total. The van der Waals surface area contributed by atoms with Crippen LogP contribution in [0.5, 0.6) is 0 Å². The SMILES string of the molecule is CC(=O)c1ccc(N2CCN(Cc3ccc(Br)s3)CC2)cc1.